The Morgan fingerprint density at radius 2 is 2.06 bits per heavy atom. The Labute approximate surface area is 101 Å². The van der Waals surface area contributed by atoms with Crippen molar-refractivity contribution in [1.29, 1.82) is 0 Å². The molecular formula is C11H9ClFNO3. The highest BCUT2D eigenvalue weighted by Gasteiger charge is 2.51. The molecule has 0 radical (unpaired) electrons. The minimum atomic E-state index is -1.15. The molecule has 6 heteroatoms. The number of hydrogen-bond donors (Lipinski definition) is 2. The maximum Gasteiger partial charge on any atom is 0.329 e. The van der Waals surface area contributed by atoms with Gasteiger partial charge in [-0.25, -0.2) is 9.18 Å². The van der Waals surface area contributed by atoms with Crippen LogP contribution in [-0.2, 0) is 4.79 Å². The molecule has 0 heterocycles. The van der Waals surface area contributed by atoms with Gasteiger partial charge in [-0.3, -0.25) is 4.79 Å². The average Bonchev–Trinajstić information content (AvgIpc) is 3.03. The number of rotatable bonds is 3. The molecule has 0 aliphatic heterocycles. The molecule has 90 valence electrons. The number of carbonyl (C=O) groups is 2. The predicted molar refractivity (Wildman–Crippen MR) is 58.5 cm³/mol. The molecule has 0 bridgehead atoms. The summed E-state index contributed by atoms with van der Waals surface area (Å²) in [5.41, 5.74) is -1.01. The van der Waals surface area contributed by atoms with Crippen molar-refractivity contribution in [2.24, 2.45) is 0 Å². The number of carboxylic acid groups (broad SMARTS) is 1. The molecule has 1 saturated carbocycles. The average molecular weight is 258 g/mol. The number of benzene rings is 1. The summed E-state index contributed by atoms with van der Waals surface area (Å²) in [7, 11) is 0. The van der Waals surface area contributed by atoms with Crippen LogP contribution in [0.4, 0.5) is 4.39 Å². The van der Waals surface area contributed by atoms with Crippen LogP contribution in [0.2, 0.25) is 5.02 Å². The van der Waals surface area contributed by atoms with Crippen LogP contribution in [0.5, 0.6) is 0 Å². The first kappa shape index (κ1) is 11.9. The second-order valence-electron chi connectivity index (χ2n) is 3.97. The largest absolute Gasteiger partial charge is 0.480 e. The molecular weight excluding hydrogens is 249 g/mol. The molecule has 1 aliphatic carbocycles. The molecule has 0 aromatic heterocycles. The normalized spacial score (nSPS) is 16.4. The summed E-state index contributed by atoms with van der Waals surface area (Å²) in [6.07, 6.45) is 0.812. The first-order chi connectivity index (χ1) is 7.94. The van der Waals surface area contributed by atoms with Crippen molar-refractivity contribution in [2.75, 3.05) is 0 Å². The van der Waals surface area contributed by atoms with E-state index < -0.39 is 23.2 Å². The summed E-state index contributed by atoms with van der Waals surface area (Å²) >= 11 is 5.54. The second-order valence-corrected chi connectivity index (χ2v) is 4.38. The fraction of sp³-hybridized carbons (Fsp3) is 0.273. The van der Waals surface area contributed by atoms with E-state index in [0.717, 1.165) is 6.07 Å². The Hall–Kier alpha value is -1.62. The van der Waals surface area contributed by atoms with Crippen molar-refractivity contribution < 1.29 is 19.1 Å². The van der Waals surface area contributed by atoms with Gasteiger partial charge in [-0.15, -0.1) is 0 Å². The Bertz CT molecular complexity index is 499. The van der Waals surface area contributed by atoms with Crippen LogP contribution in [-0.4, -0.2) is 22.5 Å². The number of carbonyl (C=O) groups excluding carboxylic acids is 1. The SMILES string of the molecule is O=C(NC1(C(=O)O)CC1)c1ccc(F)c(Cl)c1. The van der Waals surface area contributed by atoms with E-state index in [1.807, 2.05) is 0 Å². The van der Waals surface area contributed by atoms with Crippen molar-refractivity contribution in [3.8, 4) is 0 Å². The highest BCUT2D eigenvalue weighted by Crippen LogP contribution is 2.35. The van der Waals surface area contributed by atoms with Gasteiger partial charge in [-0.2, -0.15) is 0 Å². The van der Waals surface area contributed by atoms with Gasteiger partial charge in [0.1, 0.15) is 11.4 Å². The minimum absolute atomic E-state index is 0.143. The van der Waals surface area contributed by atoms with E-state index in [4.69, 9.17) is 16.7 Å². The van der Waals surface area contributed by atoms with E-state index in [-0.39, 0.29) is 10.6 Å². The lowest BCUT2D eigenvalue weighted by molar-refractivity contribution is -0.140. The van der Waals surface area contributed by atoms with Crippen LogP contribution < -0.4 is 5.32 Å². The maximum absolute atomic E-state index is 12.9. The molecule has 0 unspecified atom stereocenters. The fourth-order valence-corrected chi connectivity index (χ4v) is 1.62. The Morgan fingerprint density at radius 1 is 1.41 bits per heavy atom. The molecule has 1 aliphatic rings. The summed E-state index contributed by atoms with van der Waals surface area (Å²) in [6.45, 7) is 0. The molecule has 0 spiro atoms. The lowest BCUT2D eigenvalue weighted by atomic mass is 10.2. The van der Waals surface area contributed by atoms with Crippen molar-refractivity contribution in [3.05, 3.63) is 34.6 Å². The molecule has 1 aromatic carbocycles. The van der Waals surface area contributed by atoms with Crippen LogP contribution in [0.1, 0.15) is 23.2 Å². The van der Waals surface area contributed by atoms with Gasteiger partial charge in [0.15, 0.2) is 0 Å². The van der Waals surface area contributed by atoms with Gasteiger partial charge in [0.2, 0.25) is 0 Å². The highest BCUT2D eigenvalue weighted by molar-refractivity contribution is 6.31. The number of amides is 1. The van der Waals surface area contributed by atoms with Crippen molar-refractivity contribution in [1.82, 2.24) is 5.32 Å². The third-order valence-corrected chi connectivity index (χ3v) is 2.98. The molecule has 0 saturated heterocycles. The van der Waals surface area contributed by atoms with Crippen LogP contribution >= 0.6 is 11.6 Å². The highest BCUT2D eigenvalue weighted by atomic mass is 35.5. The first-order valence-electron chi connectivity index (χ1n) is 4.95. The van der Waals surface area contributed by atoms with Gasteiger partial charge in [0.25, 0.3) is 5.91 Å². The summed E-state index contributed by atoms with van der Waals surface area (Å²) in [5.74, 6) is -2.24. The third-order valence-electron chi connectivity index (χ3n) is 2.69. The third kappa shape index (κ3) is 2.24. The van der Waals surface area contributed by atoms with Crippen molar-refractivity contribution >= 4 is 23.5 Å². The summed E-state index contributed by atoms with van der Waals surface area (Å²) in [6, 6.07) is 3.50. The lowest BCUT2D eigenvalue weighted by Crippen LogP contribution is -2.43. The van der Waals surface area contributed by atoms with Crippen LogP contribution in [0, 0.1) is 5.82 Å². The molecule has 0 atom stereocenters. The molecule has 2 N–H and O–H groups in total. The number of aliphatic carboxylic acids is 1. The Kier molecular flexibility index (Phi) is 2.79. The van der Waals surface area contributed by atoms with E-state index in [1.54, 1.807) is 0 Å². The van der Waals surface area contributed by atoms with Crippen molar-refractivity contribution in [2.45, 2.75) is 18.4 Å². The van der Waals surface area contributed by atoms with Crippen LogP contribution in [0.25, 0.3) is 0 Å². The molecule has 1 amide bonds. The zero-order chi connectivity index (χ0) is 12.6. The first-order valence-corrected chi connectivity index (χ1v) is 5.33. The quantitative estimate of drug-likeness (QED) is 0.868. The monoisotopic (exact) mass is 257 g/mol. The molecule has 1 fully saturated rings. The van der Waals surface area contributed by atoms with Gasteiger partial charge < -0.3 is 10.4 Å². The van der Waals surface area contributed by atoms with Crippen LogP contribution in [0.15, 0.2) is 18.2 Å². The van der Waals surface area contributed by atoms with E-state index in [0.29, 0.717) is 12.8 Å². The minimum Gasteiger partial charge on any atom is -0.480 e. The number of nitrogens with one attached hydrogen (secondary N) is 1. The number of carboxylic acids is 1. The number of halogens is 2. The van der Waals surface area contributed by atoms with Gasteiger partial charge >= 0.3 is 5.97 Å². The van der Waals surface area contributed by atoms with E-state index in [1.165, 1.54) is 12.1 Å². The Morgan fingerprint density at radius 3 is 2.53 bits per heavy atom. The smallest absolute Gasteiger partial charge is 0.329 e. The molecule has 17 heavy (non-hydrogen) atoms. The van der Waals surface area contributed by atoms with E-state index >= 15 is 0 Å². The zero-order valence-electron chi connectivity index (χ0n) is 8.67. The van der Waals surface area contributed by atoms with E-state index in [2.05, 4.69) is 5.32 Å². The zero-order valence-corrected chi connectivity index (χ0v) is 9.42. The summed E-state index contributed by atoms with van der Waals surface area (Å²) in [4.78, 5) is 22.6. The standard InChI is InChI=1S/C11H9ClFNO3/c12-7-5-6(1-2-8(7)13)9(15)14-11(3-4-11)10(16)17/h1-2,5H,3-4H2,(H,14,15)(H,16,17). The lowest BCUT2D eigenvalue weighted by Gasteiger charge is -2.12. The van der Waals surface area contributed by atoms with Gasteiger partial charge in [-0.05, 0) is 31.0 Å². The molecule has 4 nitrogen and oxygen atoms in total. The Balaban J connectivity index is 2.15. The fourth-order valence-electron chi connectivity index (χ4n) is 1.44. The van der Waals surface area contributed by atoms with Crippen molar-refractivity contribution in [3.63, 3.8) is 0 Å². The summed E-state index contributed by atoms with van der Waals surface area (Å²) in [5, 5.41) is 11.1. The number of hydrogen-bond acceptors (Lipinski definition) is 2. The maximum atomic E-state index is 12.9. The van der Waals surface area contributed by atoms with Gasteiger partial charge in [-0.1, -0.05) is 11.6 Å². The molecule has 2 rings (SSSR count). The van der Waals surface area contributed by atoms with E-state index in [9.17, 15) is 14.0 Å². The van der Waals surface area contributed by atoms with Gasteiger partial charge in [0, 0.05) is 5.56 Å². The van der Waals surface area contributed by atoms with Gasteiger partial charge in [0.05, 0.1) is 5.02 Å². The second kappa shape index (κ2) is 4.00. The molecule has 1 aromatic rings. The predicted octanol–water partition coefficient (Wildman–Crippen LogP) is 1.83. The van der Waals surface area contributed by atoms with Crippen LogP contribution in [0.3, 0.4) is 0 Å². The summed E-state index contributed by atoms with van der Waals surface area (Å²) < 4.78 is 12.9. The topological polar surface area (TPSA) is 66.4 Å².